The van der Waals surface area contributed by atoms with E-state index in [0.29, 0.717) is 12.4 Å². The minimum atomic E-state index is -0.239. The molecule has 2 heterocycles. The molecule has 0 radical (unpaired) electrons. The van der Waals surface area contributed by atoms with Crippen LogP contribution < -0.4 is 10.6 Å². The number of nitrogens with one attached hydrogen (secondary N) is 2. The first kappa shape index (κ1) is 11.6. The maximum absolute atomic E-state index is 11.6. The molecule has 0 spiro atoms. The quantitative estimate of drug-likeness (QED) is 0.876. The maximum atomic E-state index is 11.6. The maximum Gasteiger partial charge on any atom is 0.320 e. The molecule has 2 aromatic heterocycles. The summed E-state index contributed by atoms with van der Waals surface area (Å²) in [5.41, 5.74) is 0.876. The fourth-order valence-electron chi connectivity index (χ4n) is 1.35. The van der Waals surface area contributed by atoms with Gasteiger partial charge in [0, 0.05) is 10.6 Å². The zero-order chi connectivity index (χ0) is 12.1. The summed E-state index contributed by atoms with van der Waals surface area (Å²) in [6.07, 6.45) is 0. The van der Waals surface area contributed by atoms with Crippen LogP contribution in [0.1, 0.15) is 10.6 Å². The number of anilines is 1. The molecular formula is C12H13N3OS. The zero-order valence-electron chi connectivity index (χ0n) is 9.43. The smallest absolute Gasteiger partial charge is 0.320 e. The van der Waals surface area contributed by atoms with Gasteiger partial charge in [0.05, 0.1) is 6.54 Å². The molecule has 0 aliphatic carbocycles. The van der Waals surface area contributed by atoms with Crippen LogP contribution in [-0.2, 0) is 6.54 Å². The molecule has 17 heavy (non-hydrogen) atoms. The Morgan fingerprint density at radius 2 is 2.24 bits per heavy atom. The third-order valence-corrected chi connectivity index (χ3v) is 3.01. The Morgan fingerprint density at radius 3 is 2.94 bits per heavy atom. The topological polar surface area (TPSA) is 54.0 Å². The lowest BCUT2D eigenvalue weighted by molar-refractivity contribution is 0.252. The third kappa shape index (κ3) is 3.57. The first-order valence-electron chi connectivity index (χ1n) is 5.25. The van der Waals surface area contributed by atoms with Gasteiger partial charge < -0.3 is 5.32 Å². The summed E-state index contributed by atoms with van der Waals surface area (Å²) in [7, 11) is 0. The number of hydrogen-bond acceptors (Lipinski definition) is 3. The Balaban J connectivity index is 1.85. The molecule has 0 saturated heterocycles. The molecule has 0 bridgehead atoms. The van der Waals surface area contributed by atoms with Crippen LogP contribution in [0, 0.1) is 6.92 Å². The molecule has 0 atom stereocenters. The lowest BCUT2D eigenvalue weighted by Gasteiger charge is -2.06. The number of carbonyl (C=O) groups is 1. The highest BCUT2D eigenvalue weighted by Crippen LogP contribution is 2.08. The number of aryl methyl sites for hydroxylation is 1. The minimum absolute atomic E-state index is 0.239. The number of urea groups is 1. The number of carbonyl (C=O) groups excluding carboxylic acids is 1. The van der Waals surface area contributed by atoms with Gasteiger partial charge in [-0.3, -0.25) is 5.32 Å². The zero-order valence-corrected chi connectivity index (χ0v) is 10.3. The van der Waals surface area contributed by atoms with Gasteiger partial charge in [-0.25, -0.2) is 9.78 Å². The normalized spacial score (nSPS) is 9.94. The largest absolute Gasteiger partial charge is 0.333 e. The van der Waals surface area contributed by atoms with Crippen molar-refractivity contribution in [1.29, 1.82) is 0 Å². The molecule has 2 aromatic rings. The number of pyridine rings is 1. The number of amides is 2. The van der Waals surface area contributed by atoms with Gasteiger partial charge in [-0.05, 0) is 30.5 Å². The van der Waals surface area contributed by atoms with Crippen molar-refractivity contribution in [3.8, 4) is 0 Å². The summed E-state index contributed by atoms with van der Waals surface area (Å²) in [6, 6.07) is 9.21. The van der Waals surface area contributed by atoms with Crippen molar-refractivity contribution < 1.29 is 4.79 Å². The molecule has 0 aromatic carbocycles. The van der Waals surface area contributed by atoms with E-state index in [1.165, 1.54) is 0 Å². The lowest BCUT2D eigenvalue weighted by atomic mass is 10.4. The minimum Gasteiger partial charge on any atom is -0.333 e. The van der Waals surface area contributed by atoms with E-state index < -0.39 is 0 Å². The molecular weight excluding hydrogens is 234 g/mol. The van der Waals surface area contributed by atoms with E-state index in [2.05, 4.69) is 15.6 Å². The number of hydrogen-bond donors (Lipinski definition) is 2. The van der Waals surface area contributed by atoms with Gasteiger partial charge in [0.25, 0.3) is 0 Å². The summed E-state index contributed by atoms with van der Waals surface area (Å²) in [5, 5.41) is 7.45. The molecule has 0 unspecified atom stereocenters. The monoisotopic (exact) mass is 247 g/mol. The van der Waals surface area contributed by atoms with E-state index >= 15 is 0 Å². The van der Waals surface area contributed by atoms with E-state index in [9.17, 15) is 4.79 Å². The number of thiophene rings is 1. The van der Waals surface area contributed by atoms with Gasteiger partial charge in [0.15, 0.2) is 0 Å². The molecule has 0 aliphatic heterocycles. The predicted octanol–water partition coefficient (Wildman–Crippen LogP) is 2.77. The van der Waals surface area contributed by atoms with Crippen LogP contribution in [0.4, 0.5) is 10.6 Å². The Morgan fingerprint density at radius 1 is 1.35 bits per heavy atom. The summed E-state index contributed by atoms with van der Waals surface area (Å²) in [5.74, 6) is 0.564. The molecule has 2 rings (SSSR count). The van der Waals surface area contributed by atoms with Crippen molar-refractivity contribution in [1.82, 2.24) is 10.3 Å². The second kappa shape index (κ2) is 5.45. The van der Waals surface area contributed by atoms with Crippen LogP contribution in [0.15, 0.2) is 35.7 Å². The average molecular weight is 247 g/mol. The highest BCUT2D eigenvalue weighted by Gasteiger charge is 2.02. The van der Waals surface area contributed by atoms with Gasteiger partial charge >= 0.3 is 6.03 Å². The van der Waals surface area contributed by atoms with Crippen molar-refractivity contribution in [2.45, 2.75) is 13.5 Å². The molecule has 88 valence electrons. The fourth-order valence-corrected chi connectivity index (χ4v) is 2.00. The van der Waals surface area contributed by atoms with Crippen LogP contribution in [0.25, 0.3) is 0 Å². The van der Waals surface area contributed by atoms with Gasteiger partial charge in [-0.2, -0.15) is 0 Å². The first-order chi connectivity index (χ1) is 8.24. The van der Waals surface area contributed by atoms with E-state index in [4.69, 9.17) is 0 Å². The van der Waals surface area contributed by atoms with Crippen molar-refractivity contribution in [2.75, 3.05) is 5.32 Å². The Kier molecular flexibility index (Phi) is 3.72. The van der Waals surface area contributed by atoms with E-state index in [-0.39, 0.29) is 6.03 Å². The van der Waals surface area contributed by atoms with Crippen LogP contribution in [0.3, 0.4) is 0 Å². The van der Waals surface area contributed by atoms with Gasteiger partial charge in [0.2, 0.25) is 0 Å². The van der Waals surface area contributed by atoms with Crippen molar-refractivity contribution >= 4 is 23.2 Å². The molecule has 0 saturated carbocycles. The van der Waals surface area contributed by atoms with Crippen LogP contribution >= 0.6 is 11.3 Å². The first-order valence-corrected chi connectivity index (χ1v) is 6.13. The average Bonchev–Trinajstić information content (AvgIpc) is 2.79. The second-order valence-electron chi connectivity index (χ2n) is 3.55. The van der Waals surface area contributed by atoms with Crippen LogP contribution in [0.2, 0.25) is 0 Å². The summed E-state index contributed by atoms with van der Waals surface area (Å²) < 4.78 is 0. The fraction of sp³-hybridized carbons (Fsp3) is 0.167. The second-order valence-corrected chi connectivity index (χ2v) is 4.58. The number of rotatable bonds is 3. The molecule has 2 N–H and O–H groups in total. The van der Waals surface area contributed by atoms with Gasteiger partial charge in [-0.1, -0.05) is 12.1 Å². The highest BCUT2D eigenvalue weighted by molar-refractivity contribution is 7.09. The summed E-state index contributed by atoms with van der Waals surface area (Å²) >= 11 is 1.62. The lowest BCUT2D eigenvalue weighted by Crippen LogP contribution is -2.28. The highest BCUT2D eigenvalue weighted by atomic mass is 32.1. The molecule has 2 amide bonds. The molecule has 0 fully saturated rings. The van der Waals surface area contributed by atoms with Crippen molar-refractivity contribution in [3.05, 3.63) is 46.3 Å². The third-order valence-electron chi connectivity index (χ3n) is 2.13. The van der Waals surface area contributed by atoms with Gasteiger partial charge in [-0.15, -0.1) is 11.3 Å². The summed E-state index contributed by atoms with van der Waals surface area (Å²) in [6.45, 7) is 2.42. The Hall–Kier alpha value is -1.88. The molecule has 4 nitrogen and oxygen atoms in total. The number of aromatic nitrogens is 1. The predicted molar refractivity (Wildman–Crippen MR) is 69.2 cm³/mol. The molecule has 5 heteroatoms. The van der Waals surface area contributed by atoms with Gasteiger partial charge in [0.1, 0.15) is 5.82 Å². The van der Waals surface area contributed by atoms with Crippen LogP contribution in [-0.4, -0.2) is 11.0 Å². The number of nitrogens with zero attached hydrogens (tertiary/aromatic N) is 1. The standard InChI is InChI=1S/C12H13N3OS/c1-9-4-2-6-11(14-9)15-12(16)13-8-10-5-3-7-17-10/h2-7H,8H2,1H3,(H2,13,14,15,16). The van der Waals surface area contributed by atoms with Crippen molar-refractivity contribution in [3.63, 3.8) is 0 Å². The van der Waals surface area contributed by atoms with E-state index in [0.717, 1.165) is 10.6 Å². The van der Waals surface area contributed by atoms with Crippen molar-refractivity contribution in [2.24, 2.45) is 0 Å². The Labute approximate surface area is 104 Å². The van der Waals surface area contributed by atoms with E-state index in [1.54, 1.807) is 17.4 Å². The van der Waals surface area contributed by atoms with Crippen LogP contribution in [0.5, 0.6) is 0 Å². The summed E-state index contributed by atoms with van der Waals surface area (Å²) in [4.78, 5) is 16.9. The Bertz CT molecular complexity index is 496. The SMILES string of the molecule is Cc1cccc(NC(=O)NCc2cccs2)n1. The van der Waals surface area contributed by atoms with E-state index in [1.807, 2.05) is 36.6 Å². The molecule has 0 aliphatic rings.